The highest BCUT2D eigenvalue weighted by atomic mass is 32.1. The first-order valence-corrected chi connectivity index (χ1v) is 10.0. The van der Waals surface area contributed by atoms with Gasteiger partial charge < -0.3 is 9.42 Å². The lowest BCUT2D eigenvalue weighted by atomic mass is 10.2. The SMILES string of the molecule is Cc1cc(CN(C)C(=O)/C=C/c2cn(-c3ccccc3)nc2-c2cccs2)no1. The van der Waals surface area contributed by atoms with Crippen LogP contribution in [0.25, 0.3) is 22.3 Å². The molecule has 146 valence electrons. The summed E-state index contributed by atoms with van der Waals surface area (Å²) in [6, 6.07) is 15.8. The number of carbonyl (C=O) groups excluding carboxylic acids is 1. The van der Waals surface area contributed by atoms with Gasteiger partial charge in [-0.1, -0.05) is 29.4 Å². The van der Waals surface area contributed by atoms with Crippen molar-refractivity contribution in [3.05, 3.63) is 83.2 Å². The predicted molar refractivity (Wildman–Crippen MR) is 114 cm³/mol. The Hall–Kier alpha value is -3.45. The molecule has 0 atom stereocenters. The van der Waals surface area contributed by atoms with Crippen LogP contribution in [-0.2, 0) is 11.3 Å². The Morgan fingerprint density at radius 2 is 2.07 bits per heavy atom. The lowest BCUT2D eigenvalue weighted by Gasteiger charge is -2.12. The second-order valence-electron chi connectivity index (χ2n) is 6.65. The number of aromatic nitrogens is 3. The Bertz CT molecular complexity index is 1130. The fraction of sp³-hybridized carbons (Fsp3) is 0.136. The van der Waals surface area contributed by atoms with Crippen LogP contribution in [0.15, 0.2) is 70.7 Å². The van der Waals surface area contributed by atoms with Gasteiger partial charge in [-0.2, -0.15) is 5.10 Å². The largest absolute Gasteiger partial charge is 0.361 e. The number of likely N-dealkylation sites (N-methyl/N-ethyl adjacent to an activating group) is 1. The third kappa shape index (κ3) is 4.35. The Morgan fingerprint density at radius 3 is 2.76 bits per heavy atom. The third-order valence-corrected chi connectivity index (χ3v) is 5.25. The van der Waals surface area contributed by atoms with E-state index in [4.69, 9.17) is 9.62 Å². The van der Waals surface area contributed by atoms with E-state index in [0.29, 0.717) is 6.54 Å². The van der Waals surface area contributed by atoms with Gasteiger partial charge >= 0.3 is 0 Å². The number of thiophene rings is 1. The summed E-state index contributed by atoms with van der Waals surface area (Å²) in [6.07, 6.45) is 5.32. The van der Waals surface area contributed by atoms with Crippen LogP contribution < -0.4 is 0 Å². The summed E-state index contributed by atoms with van der Waals surface area (Å²) in [7, 11) is 1.74. The first kappa shape index (κ1) is 18.9. The topological polar surface area (TPSA) is 64.2 Å². The van der Waals surface area contributed by atoms with Gasteiger partial charge in [-0.25, -0.2) is 4.68 Å². The van der Waals surface area contributed by atoms with Crippen LogP contribution in [0.3, 0.4) is 0 Å². The number of hydrogen-bond donors (Lipinski definition) is 0. The van der Waals surface area contributed by atoms with Crippen LogP contribution in [0.4, 0.5) is 0 Å². The molecule has 7 heteroatoms. The van der Waals surface area contributed by atoms with Crippen molar-refractivity contribution in [2.45, 2.75) is 13.5 Å². The third-order valence-electron chi connectivity index (χ3n) is 4.38. The average Bonchev–Trinajstić information content (AvgIpc) is 3.47. The summed E-state index contributed by atoms with van der Waals surface area (Å²) in [4.78, 5) is 15.2. The maximum Gasteiger partial charge on any atom is 0.246 e. The number of hydrogen-bond acceptors (Lipinski definition) is 5. The molecule has 0 aliphatic heterocycles. The summed E-state index contributed by atoms with van der Waals surface area (Å²) in [5.74, 6) is 0.612. The van der Waals surface area contributed by atoms with Crippen molar-refractivity contribution in [3.63, 3.8) is 0 Å². The molecule has 0 aliphatic carbocycles. The maximum absolute atomic E-state index is 12.6. The van der Waals surface area contributed by atoms with E-state index in [2.05, 4.69) is 5.16 Å². The predicted octanol–water partition coefficient (Wildman–Crippen LogP) is 4.57. The van der Waals surface area contributed by atoms with E-state index in [9.17, 15) is 4.79 Å². The van der Waals surface area contributed by atoms with Gasteiger partial charge in [0, 0.05) is 31.0 Å². The van der Waals surface area contributed by atoms with Crippen LogP contribution in [-0.4, -0.2) is 32.8 Å². The molecule has 0 fully saturated rings. The van der Waals surface area contributed by atoms with Crippen LogP contribution in [0.5, 0.6) is 0 Å². The number of carbonyl (C=O) groups is 1. The zero-order valence-electron chi connectivity index (χ0n) is 16.1. The lowest BCUT2D eigenvalue weighted by Crippen LogP contribution is -2.24. The van der Waals surface area contributed by atoms with Crippen molar-refractivity contribution >= 4 is 23.3 Å². The minimum Gasteiger partial charge on any atom is -0.361 e. The van der Waals surface area contributed by atoms with Crippen molar-refractivity contribution in [1.82, 2.24) is 19.8 Å². The fourth-order valence-electron chi connectivity index (χ4n) is 2.93. The molecule has 1 aromatic carbocycles. The molecule has 1 amide bonds. The molecule has 6 nitrogen and oxygen atoms in total. The molecular formula is C22H20N4O2S. The standard InChI is InChI=1S/C22H20N4O2S/c1-16-13-18(24-28-16)15-25(2)21(27)11-10-17-14-26(19-7-4-3-5-8-19)23-22(17)20-9-6-12-29-20/h3-14H,15H2,1-2H3/b11-10+. The quantitative estimate of drug-likeness (QED) is 0.442. The van der Waals surface area contributed by atoms with E-state index in [1.54, 1.807) is 29.4 Å². The molecule has 0 radical (unpaired) electrons. The second kappa shape index (κ2) is 8.28. The Balaban J connectivity index is 1.58. The zero-order valence-corrected chi connectivity index (χ0v) is 17.0. The maximum atomic E-state index is 12.6. The van der Waals surface area contributed by atoms with E-state index < -0.39 is 0 Å². The van der Waals surface area contributed by atoms with E-state index in [1.165, 1.54) is 0 Å². The van der Waals surface area contributed by atoms with Gasteiger partial charge in [0.25, 0.3) is 0 Å². The van der Waals surface area contributed by atoms with Gasteiger partial charge in [0.1, 0.15) is 17.1 Å². The molecule has 4 rings (SSSR count). The average molecular weight is 404 g/mol. The summed E-state index contributed by atoms with van der Waals surface area (Å²) >= 11 is 1.62. The Labute approximate surface area is 172 Å². The molecule has 0 spiro atoms. The second-order valence-corrected chi connectivity index (χ2v) is 7.59. The van der Waals surface area contributed by atoms with E-state index in [0.717, 1.165) is 33.3 Å². The van der Waals surface area contributed by atoms with Gasteiger partial charge in [-0.3, -0.25) is 4.79 Å². The first-order valence-electron chi connectivity index (χ1n) is 9.14. The van der Waals surface area contributed by atoms with Gasteiger partial charge in [-0.15, -0.1) is 11.3 Å². The number of para-hydroxylation sites is 1. The van der Waals surface area contributed by atoms with Gasteiger partial charge in [-0.05, 0) is 36.6 Å². The van der Waals surface area contributed by atoms with Crippen molar-refractivity contribution in [2.24, 2.45) is 0 Å². The normalized spacial score (nSPS) is 11.2. The molecule has 0 aliphatic rings. The smallest absolute Gasteiger partial charge is 0.246 e. The van der Waals surface area contributed by atoms with E-state index >= 15 is 0 Å². The lowest BCUT2D eigenvalue weighted by molar-refractivity contribution is -0.125. The molecule has 29 heavy (non-hydrogen) atoms. The minimum absolute atomic E-state index is 0.116. The zero-order chi connectivity index (χ0) is 20.2. The minimum atomic E-state index is -0.116. The van der Waals surface area contributed by atoms with Crippen molar-refractivity contribution < 1.29 is 9.32 Å². The molecule has 0 saturated carbocycles. The highest BCUT2D eigenvalue weighted by molar-refractivity contribution is 7.13. The Kier molecular flexibility index (Phi) is 5.39. The molecule has 0 N–H and O–H groups in total. The summed E-state index contributed by atoms with van der Waals surface area (Å²) in [5, 5.41) is 10.7. The summed E-state index contributed by atoms with van der Waals surface area (Å²) in [5.41, 5.74) is 3.43. The monoisotopic (exact) mass is 404 g/mol. The van der Waals surface area contributed by atoms with Gasteiger partial charge in [0.15, 0.2) is 0 Å². The molecule has 3 aromatic heterocycles. The van der Waals surface area contributed by atoms with Gasteiger partial charge in [0.05, 0.1) is 17.1 Å². The van der Waals surface area contributed by atoms with Gasteiger partial charge in [0.2, 0.25) is 5.91 Å². The molecule has 4 aromatic rings. The number of nitrogens with zero attached hydrogens (tertiary/aromatic N) is 4. The Morgan fingerprint density at radius 1 is 1.24 bits per heavy atom. The highest BCUT2D eigenvalue weighted by Crippen LogP contribution is 2.28. The van der Waals surface area contributed by atoms with E-state index in [-0.39, 0.29) is 5.91 Å². The number of amides is 1. The van der Waals surface area contributed by atoms with Crippen LogP contribution >= 0.6 is 11.3 Å². The van der Waals surface area contributed by atoms with Crippen LogP contribution in [0.2, 0.25) is 0 Å². The molecule has 3 heterocycles. The molecular weight excluding hydrogens is 384 g/mol. The highest BCUT2D eigenvalue weighted by Gasteiger charge is 2.13. The van der Waals surface area contributed by atoms with Crippen LogP contribution in [0.1, 0.15) is 17.0 Å². The van der Waals surface area contributed by atoms with Crippen molar-refractivity contribution in [1.29, 1.82) is 0 Å². The van der Waals surface area contributed by atoms with Crippen molar-refractivity contribution in [2.75, 3.05) is 7.05 Å². The first-order chi connectivity index (χ1) is 14.1. The molecule has 0 saturated heterocycles. The number of benzene rings is 1. The molecule has 0 bridgehead atoms. The van der Waals surface area contributed by atoms with Crippen LogP contribution in [0, 0.1) is 6.92 Å². The number of aryl methyl sites for hydroxylation is 1. The molecule has 0 unspecified atom stereocenters. The van der Waals surface area contributed by atoms with E-state index in [1.807, 2.05) is 77.8 Å². The fourth-order valence-corrected chi connectivity index (χ4v) is 3.66. The summed E-state index contributed by atoms with van der Waals surface area (Å²) < 4.78 is 6.89. The van der Waals surface area contributed by atoms with Crippen molar-refractivity contribution in [3.8, 4) is 16.3 Å². The number of rotatable bonds is 6. The summed E-state index contributed by atoms with van der Waals surface area (Å²) in [6.45, 7) is 2.22.